The number of amides is 1. The number of likely N-dealkylation sites (tertiary alicyclic amines) is 1. The van der Waals surface area contributed by atoms with E-state index in [1.165, 1.54) is 0 Å². The molecule has 0 saturated carbocycles. The molecule has 0 aromatic heterocycles. The Bertz CT molecular complexity index is 555. The fraction of sp³-hybridized carbons (Fsp3) is 0.556. The normalized spacial score (nSPS) is 16.3. The number of benzene rings is 1. The molecule has 126 valence electrons. The van der Waals surface area contributed by atoms with Gasteiger partial charge in [-0.3, -0.25) is 4.79 Å². The molecule has 1 aromatic rings. The summed E-state index contributed by atoms with van der Waals surface area (Å²) < 4.78 is 5.38. The number of piperidine rings is 1. The average Bonchev–Trinajstić information content (AvgIpc) is 2.53. The Morgan fingerprint density at radius 3 is 2.17 bits per heavy atom. The Balaban J connectivity index is 1.90. The van der Waals surface area contributed by atoms with E-state index in [1.807, 2.05) is 51.3 Å². The summed E-state index contributed by atoms with van der Waals surface area (Å²) in [5.41, 5.74) is 0.279. The van der Waals surface area contributed by atoms with Gasteiger partial charge in [0.05, 0.1) is 0 Å². The molecule has 1 aliphatic rings. The first-order valence-corrected chi connectivity index (χ1v) is 9.19. The molecule has 1 amide bonds. The third-order valence-electron chi connectivity index (χ3n) is 3.89. The molecule has 4 nitrogen and oxygen atoms in total. The predicted molar refractivity (Wildman–Crippen MR) is 93.1 cm³/mol. The maximum atomic E-state index is 12.6. The number of rotatable bonds is 3. The van der Waals surface area contributed by atoms with E-state index in [4.69, 9.17) is 4.74 Å². The monoisotopic (exact) mass is 335 g/mol. The van der Waals surface area contributed by atoms with E-state index in [2.05, 4.69) is 0 Å². The summed E-state index contributed by atoms with van der Waals surface area (Å²) in [5, 5.41) is 0. The molecule has 0 bridgehead atoms. The number of carbonyl (C=O) groups excluding carboxylic acids is 2. The van der Waals surface area contributed by atoms with Gasteiger partial charge in [-0.25, -0.2) is 4.79 Å². The fourth-order valence-corrected chi connectivity index (χ4v) is 3.05. The van der Waals surface area contributed by atoms with Crippen molar-refractivity contribution in [1.82, 2.24) is 4.90 Å². The van der Waals surface area contributed by atoms with Crippen molar-refractivity contribution in [2.75, 3.05) is 19.3 Å². The van der Waals surface area contributed by atoms with E-state index in [0.29, 0.717) is 25.9 Å². The first-order chi connectivity index (χ1) is 10.8. The quantitative estimate of drug-likeness (QED) is 0.612. The van der Waals surface area contributed by atoms with E-state index in [9.17, 15) is 9.59 Å². The Morgan fingerprint density at radius 2 is 1.70 bits per heavy atom. The van der Waals surface area contributed by atoms with E-state index in [0.717, 1.165) is 10.5 Å². The number of hydrogen-bond donors (Lipinski definition) is 0. The van der Waals surface area contributed by atoms with Gasteiger partial charge in [0.25, 0.3) is 0 Å². The first-order valence-electron chi connectivity index (χ1n) is 7.96. The van der Waals surface area contributed by atoms with Crippen LogP contribution in [0.3, 0.4) is 0 Å². The minimum atomic E-state index is -0.483. The van der Waals surface area contributed by atoms with Crippen LogP contribution in [0.25, 0.3) is 0 Å². The highest BCUT2D eigenvalue weighted by molar-refractivity contribution is 7.98. The Hall–Kier alpha value is -1.49. The molecule has 1 aliphatic heterocycles. The second kappa shape index (κ2) is 7.39. The highest BCUT2D eigenvalue weighted by Crippen LogP contribution is 2.24. The van der Waals surface area contributed by atoms with E-state index in [1.54, 1.807) is 16.7 Å². The number of nitrogens with zero attached hydrogens (tertiary/aromatic N) is 1. The van der Waals surface area contributed by atoms with E-state index in [-0.39, 0.29) is 17.8 Å². The van der Waals surface area contributed by atoms with Crippen molar-refractivity contribution in [3.63, 3.8) is 0 Å². The maximum absolute atomic E-state index is 12.6. The van der Waals surface area contributed by atoms with Crippen molar-refractivity contribution in [2.24, 2.45) is 5.92 Å². The molecule has 1 saturated heterocycles. The van der Waals surface area contributed by atoms with Gasteiger partial charge in [0.15, 0.2) is 5.78 Å². The average molecular weight is 335 g/mol. The van der Waals surface area contributed by atoms with Gasteiger partial charge in [0.1, 0.15) is 5.60 Å². The zero-order valence-corrected chi connectivity index (χ0v) is 15.1. The largest absolute Gasteiger partial charge is 0.444 e. The van der Waals surface area contributed by atoms with Gasteiger partial charge in [-0.05, 0) is 52.0 Å². The molecule has 0 aliphatic carbocycles. The summed E-state index contributed by atoms with van der Waals surface area (Å²) in [4.78, 5) is 27.5. The minimum absolute atomic E-state index is 0.00573. The summed E-state index contributed by atoms with van der Waals surface area (Å²) >= 11 is 1.66. The number of ketones is 1. The summed E-state index contributed by atoms with van der Waals surface area (Å²) in [6.45, 7) is 6.74. The smallest absolute Gasteiger partial charge is 0.410 e. The molecule has 0 spiro atoms. The third kappa shape index (κ3) is 4.99. The van der Waals surface area contributed by atoms with Crippen LogP contribution in [0.1, 0.15) is 44.0 Å². The second-order valence-corrected chi connectivity index (χ2v) is 7.71. The molecule has 0 radical (unpaired) electrons. The number of carbonyl (C=O) groups is 2. The molecule has 1 aromatic carbocycles. The molecule has 0 unspecified atom stereocenters. The topological polar surface area (TPSA) is 46.6 Å². The summed E-state index contributed by atoms with van der Waals surface area (Å²) in [6.07, 6.45) is 3.13. The molecule has 23 heavy (non-hydrogen) atoms. The summed E-state index contributed by atoms with van der Waals surface area (Å²) in [7, 11) is 0. The molecular formula is C18H25NO3S. The first kappa shape index (κ1) is 17.9. The van der Waals surface area contributed by atoms with E-state index >= 15 is 0 Å². The fourth-order valence-electron chi connectivity index (χ4n) is 2.64. The lowest BCUT2D eigenvalue weighted by Crippen LogP contribution is -2.43. The molecule has 5 heteroatoms. The number of Topliss-reactive ketones (excluding diaryl/α,β-unsaturated/α-hetero) is 1. The van der Waals surface area contributed by atoms with Crippen LogP contribution in [0, 0.1) is 5.92 Å². The lowest BCUT2D eigenvalue weighted by molar-refractivity contribution is 0.0182. The highest BCUT2D eigenvalue weighted by atomic mass is 32.2. The van der Waals surface area contributed by atoms with Crippen molar-refractivity contribution < 1.29 is 14.3 Å². The van der Waals surface area contributed by atoms with Gasteiger partial charge in [0, 0.05) is 29.5 Å². The van der Waals surface area contributed by atoms with Crippen LogP contribution < -0.4 is 0 Å². The molecule has 0 N–H and O–H groups in total. The summed E-state index contributed by atoms with van der Waals surface area (Å²) in [6, 6.07) is 7.75. The zero-order chi connectivity index (χ0) is 17.0. The van der Waals surface area contributed by atoms with Crippen molar-refractivity contribution in [3.8, 4) is 0 Å². The molecule has 0 atom stereocenters. The maximum Gasteiger partial charge on any atom is 0.410 e. The van der Waals surface area contributed by atoms with Gasteiger partial charge in [-0.2, -0.15) is 0 Å². The van der Waals surface area contributed by atoms with Crippen molar-refractivity contribution in [3.05, 3.63) is 29.8 Å². The van der Waals surface area contributed by atoms with Crippen LogP contribution in [0.5, 0.6) is 0 Å². The second-order valence-electron chi connectivity index (χ2n) is 6.83. The van der Waals surface area contributed by atoms with E-state index < -0.39 is 5.60 Å². The van der Waals surface area contributed by atoms with Gasteiger partial charge >= 0.3 is 6.09 Å². The zero-order valence-electron chi connectivity index (χ0n) is 14.3. The third-order valence-corrected chi connectivity index (χ3v) is 4.64. The van der Waals surface area contributed by atoms with Gasteiger partial charge in [0.2, 0.25) is 0 Å². The van der Waals surface area contributed by atoms with Crippen LogP contribution in [-0.2, 0) is 4.74 Å². The molecule has 1 fully saturated rings. The van der Waals surface area contributed by atoms with Gasteiger partial charge in [-0.15, -0.1) is 11.8 Å². The lowest BCUT2D eigenvalue weighted by Gasteiger charge is -2.33. The van der Waals surface area contributed by atoms with Crippen molar-refractivity contribution >= 4 is 23.6 Å². The van der Waals surface area contributed by atoms with Crippen LogP contribution in [0.15, 0.2) is 29.2 Å². The van der Waals surface area contributed by atoms with Crippen molar-refractivity contribution in [1.29, 1.82) is 0 Å². The molecule has 2 rings (SSSR count). The lowest BCUT2D eigenvalue weighted by atomic mass is 9.89. The molecular weight excluding hydrogens is 310 g/mol. The van der Waals surface area contributed by atoms with Crippen LogP contribution in [0.4, 0.5) is 4.79 Å². The Kier molecular flexibility index (Phi) is 5.74. The minimum Gasteiger partial charge on any atom is -0.444 e. The van der Waals surface area contributed by atoms with Crippen molar-refractivity contribution in [2.45, 2.75) is 44.1 Å². The Morgan fingerprint density at radius 1 is 1.13 bits per heavy atom. The Labute approximate surface area is 142 Å². The number of ether oxygens (including phenoxy) is 1. The molecule has 1 heterocycles. The summed E-state index contributed by atoms with van der Waals surface area (Å²) in [5.74, 6) is 0.176. The van der Waals surface area contributed by atoms with Gasteiger partial charge < -0.3 is 9.64 Å². The van der Waals surface area contributed by atoms with Gasteiger partial charge in [-0.1, -0.05) is 12.1 Å². The standard InChI is InChI=1S/C18H25NO3S/c1-18(2,3)22-17(21)19-11-9-14(10-12-19)16(20)13-5-7-15(23-4)8-6-13/h5-8,14H,9-12H2,1-4H3. The van der Waals surface area contributed by atoms with Crippen LogP contribution in [0.2, 0.25) is 0 Å². The van der Waals surface area contributed by atoms with Crippen LogP contribution >= 0.6 is 11.8 Å². The number of thioether (sulfide) groups is 1. The highest BCUT2D eigenvalue weighted by Gasteiger charge is 2.30. The number of hydrogen-bond acceptors (Lipinski definition) is 4. The SMILES string of the molecule is CSc1ccc(C(=O)C2CCN(C(=O)OC(C)(C)C)CC2)cc1. The predicted octanol–water partition coefficient (Wildman–Crippen LogP) is 4.24. The van der Waals surface area contributed by atoms with Crippen LogP contribution in [-0.4, -0.2) is 41.7 Å².